The van der Waals surface area contributed by atoms with Gasteiger partial charge >= 0.3 is 6.18 Å². The van der Waals surface area contributed by atoms with Gasteiger partial charge in [0, 0.05) is 24.7 Å². The normalized spacial score (nSPS) is 20.1. The topological polar surface area (TPSA) is 67.2 Å². The Balaban J connectivity index is 1.70. The van der Waals surface area contributed by atoms with Crippen molar-refractivity contribution in [3.63, 3.8) is 0 Å². The highest BCUT2D eigenvalue weighted by atomic mass is 19.4. The van der Waals surface area contributed by atoms with E-state index in [4.69, 9.17) is 0 Å². The lowest BCUT2D eigenvalue weighted by Gasteiger charge is -2.32. The number of hydrogen-bond acceptors (Lipinski definition) is 3. The number of likely N-dealkylation sites (N-methyl/N-ethyl adjacent to an activating group) is 1. The molecule has 6 nitrogen and oxygen atoms in total. The molecule has 0 fully saturated rings. The van der Waals surface area contributed by atoms with E-state index in [0.717, 1.165) is 12.1 Å². The van der Waals surface area contributed by atoms with E-state index in [2.05, 4.69) is 10.4 Å². The van der Waals surface area contributed by atoms with Crippen LogP contribution in [-0.4, -0.2) is 28.6 Å². The van der Waals surface area contributed by atoms with Gasteiger partial charge in [0.1, 0.15) is 17.1 Å². The van der Waals surface area contributed by atoms with Gasteiger partial charge in [-0.05, 0) is 48.0 Å². The van der Waals surface area contributed by atoms with Crippen LogP contribution in [0.15, 0.2) is 48.7 Å². The van der Waals surface area contributed by atoms with Crippen molar-refractivity contribution in [3.8, 4) is 5.69 Å². The maximum absolute atomic E-state index is 14.1. The van der Waals surface area contributed by atoms with Crippen LogP contribution in [0.4, 0.5) is 29.1 Å². The molecule has 1 N–H and O–H groups in total. The van der Waals surface area contributed by atoms with Crippen molar-refractivity contribution >= 4 is 23.3 Å². The number of alkyl halides is 3. The molecule has 2 aliphatic heterocycles. The Kier molecular flexibility index (Phi) is 3.83. The van der Waals surface area contributed by atoms with E-state index in [-0.39, 0.29) is 17.9 Å². The second-order valence-electron chi connectivity index (χ2n) is 7.52. The van der Waals surface area contributed by atoms with Gasteiger partial charge in [0.15, 0.2) is 0 Å². The zero-order valence-corrected chi connectivity index (χ0v) is 16.0. The molecule has 5 rings (SSSR count). The second kappa shape index (κ2) is 6.16. The van der Waals surface area contributed by atoms with Crippen molar-refractivity contribution < 1.29 is 27.2 Å². The number of nitrogens with one attached hydrogen (secondary N) is 1. The Morgan fingerprint density at radius 2 is 1.77 bits per heavy atom. The van der Waals surface area contributed by atoms with E-state index in [0.29, 0.717) is 16.8 Å². The van der Waals surface area contributed by atoms with Crippen LogP contribution >= 0.6 is 0 Å². The van der Waals surface area contributed by atoms with Crippen LogP contribution in [0.25, 0.3) is 5.69 Å². The second-order valence-corrected chi connectivity index (χ2v) is 7.52. The first-order chi connectivity index (χ1) is 14.6. The molecule has 0 aliphatic carbocycles. The Labute approximate surface area is 173 Å². The van der Waals surface area contributed by atoms with Crippen molar-refractivity contribution in [3.05, 3.63) is 71.2 Å². The summed E-state index contributed by atoms with van der Waals surface area (Å²) >= 11 is 0. The van der Waals surface area contributed by atoms with E-state index in [1.54, 1.807) is 7.05 Å². The average Bonchev–Trinajstić information content (AvgIpc) is 3.22. The molecule has 0 saturated heterocycles. The molecule has 0 bridgehead atoms. The summed E-state index contributed by atoms with van der Waals surface area (Å²) in [7, 11) is 1.54. The zero-order valence-electron chi connectivity index (χ0n) is 16.0. The van der Waals surface area contributed by atoms with Gasteiger partial charge < -0.3 is 10.2 Å². The highest BCUT2D eigenvalue weighted by Crippen LogP contribution is 2.52. The first-order valence-electron chi connectivity index (χ1n) is 9.27. The summed E-state index contributed by atoms with van der Waals surface area (Å²) in [5.74, 6) is -1.28. The number of fused-ring (bicyclic) bond motifs is 4. The van der Waals surface area contributed by atoms with E-state index >= 15 is 0 Å². The minimum Gasteiger partial charge on any atom is -0.314 e. The van der Waals surface area contributed by atoms with Gasteiger partial charge in [0.2, 0.25) is 11.8 Å². The lowest BCUT2D eigenvalue weighted by molar-refractivity contribution is -0.137. The Morgan fingerprint density at radius 3 is 2.45 bits per heavy atom. The molecular formula is C21H14F4N4O2. The first-order valence-corrected chi connectivity index (χ1v) is 9.27. The molecule has 0 unspecified atom stereocenters. The van der Waals surface area contributed by atoms with Crippen LogP contribution in [0.1, 0.15) is 23.1 Å². The van der Waals surface area contributed by atoms with Crippen LogP contribution in [0.3, 0.4) is 0 Å². The number of carbonyl (C=O) groups is 2. The number of benzene rings is 2. The van der Waals surface area contributed by atoms with Gasteiger partial charge in [0.25, 0.3) is 0 Å². The van der Waals surface area contributed by atoms with Gasteiger partial charge in [-0.2, -0.15) is 18.3 Å². The summed E-state index contributed by atoms with van der Waals surface area (Å²) in [6.07, 6.45) is -3.34. The molecule has 31 heavy (non-hydrogen) atoms. The molecule has 1 aromatic heterocycles. The molecule has 10 heteroatoms. The third-order valence-electron chi connectivity index (χ3n) is 5.80. The molecule has 2 aromatic carbocycles. The van der Waals surface area contributed by atoms with Crippen LogP contribution in [0.2, 0.25) is 0 Å². The number of rotatable bonds is 1. The fraction of sp³-hybridized carbons (Fsp3) is 0.190. The molecule has 0 radical (unpaired) electrons. The third kappa shape index (κ3) is 2.60. The maximum Gasteiger partial charge on any atom is 0.416 e. The fourth-order valence-electron chi connectivity index (χ4n) is 4.37. The molecule has 1 atom stereocenters. The van der Waals surface area contributed by atoms with Gasteiger partial charge in [-0.3, -0.25) is 9.59 Å². The molecule has 0 saturated carbocycles. The minimum atomic E-state index is -4.49. The Bertz CT molecular complexity index is 1250. The van der Waals surface area contributed by atoms with Crippen LogP contribution in [0, 0.1) is 5.82 Å². The van der Waals surface area contributed by atoms with Gasteiger partial charge in [-0.15, -0.1) is 0 Å². The van der Waals surface area contributed by atoms with Crippen molar-refractivity contribution in [1.82, 2.24) is 9.78 Å². The summed E-state index contributed by atoms with van der Waals surface area (Å²) in [5.41, 5.74) is -0.834. The van der Waals surface area contributed by atoms with Gasteiger partial charge in [-0.1, -0.05) is 0 Å². The zero-order chi connectivity index (χ0) is 22.1. The summed E-state index contributed by atoms with van der Waals surface area (Å²) in [4.78, 5) is 27.3. The standard InChI is InChI=1S/C21H14F4N4O2/c1-28-16-7-4-12(22)8-14(16)20(19(28)31)9-17(30)27-18-15(20)10-26-29(18)13-5-2-11(3-6-13)21(23,24)25/h2-8,10H,9H2,1H3,(H,27,30)/t20-/m0/s1. The molecule has 3 heterocycles. The van der Waals surface area contributed by atoms with Crippen molar-refractivity contribution in [1.29, 1.82) is 0 Å². The first kappa shape index (κ1) is 19.3. The lowest BCUT2D eigenvalue weighted by Crippen LogP contribution is -2.45. The van der Waals surface area contributed by atoms with Gasteiger partial charge in [-0.25, -0.2) is 9.07 Å². The van der Waals surface area contributed by atoms with E-state index in [1.165, 1.54) is 46.1 Å². The highest BCUT2D eigenvalue weighted by Gasteiger charge is 2.56. The monoisotopic (exact) mass is 430 g/mol. The highest BCUT2D eigenvalue weighted by molar-refractivity contribution is 6.15. The fourth-order valence-corrected chi connectivity index (χ4v) is 4.37. The van der Waals surface area contributed by atoms with Crippen LogP contribution in [0.5, 0.6) is 0 Å². The van der Waals surface area contributed by atoms with Gasteiger partial charge in [0.05, 0.1) is 17.4 Å². The van der Waals surface area contributed by atoms with Crippen LogP contribution < -0.4 is 10.2 Å². The average molecular weight is 430 g/mol. The summed E-state index contributed by atoms with van der Waals surface area (Å²) in [6.45, 7) is 0. The van der Waals surface area contributed by atoms with Crippen molar-refractivity contribution in [2.24, 2.45) is 0 Å². The SMILES string of the molecule is CN1C(=O)[C@@]2(CC(=O)Nc3c2cnn3-c2ccc(C(F)(F)F)cc2)c2cc(F)ccc21. The maximum atomic E-state index is 14.1. The smallest absolute Gasteiger partial charge is 0.314 e. The Hall–Kier alpha value is -3.69. The summed E-state index contributed by atoms with van der Waals surface area (Å²) in [6, 6.07) is 8.20. The lowest BCUT2D eigenvalue weighted by atomic mass is 9.72. The summed E-state index contributed by atoms with van der Waals surface area (Å²) in [5, 5.41) is 6.88. The predicted molar refractivity (Wildman–Crippen MR) is 102 cm³/mol. The quantitative estimate of drug-likeness (QED) is 0.600. The number of carbonyl (C=O) groups excluding carboxylic acids is 2. The minimum absolute atomic E-state index is 0.162. The molecule has 158 valence electrons. The molecular weight excluding hydrogens is 416 g/mol. The molecule has 3 aromatic rings. The number of hydrogen-bond donors (Lipinski definition) is 1. The van der Waals surface area contributed by atoms with Crippen LogP contribution in [-0.2, 0) is 21.2 Å². The van der Waals surface area contributed by atoms with Crippen molar-refractivity contribution in [2.45, 2.75) is 18.0 Å². The van der Waals surface area contributed by atoms with E-state index in [9.17, 15) is 27.2 Å². The number of amides is 2. The molecule has 2 aliphatic rings. The summed E-state index contributed by atoms with van der Waals surface area (Å²) < 4.78 is 54.0. The van der Waals surface area contributed by atoms with E-state index in [1.807, 2.05) is 0 Å². The van der Waals surface area contributed by atoms with E-state index < -0.39 is 34.8 Å². The predicted octanol–water partition coefficient (Wildman–Crippen LogP) is 3.63. The number of halogens is 4. The Morgan fingerprint density at radius 1 is 1.06 bits per heavy atom. The number of nitrogens with zero attached hydrogens (tertiary/aromatic N) is 3. The number of anilines is 2. The third-order valence-corrected chi connectivity index (χ3v) is 5.80. The largest absolute Gasteiger partial charge is 0.416 e. The number of aromatic nitrogens is 2. The molecule has 1 spiro atoms. The van der Waals surface area contributed by atoms with Crippen molar-refractivity contribution in [2.75, 3.05) is 17.3 Å². The molecule has 2 amide bonds.